The molecule has 0 radical (unpaired) electrons. The number of carbonyl (C=O) groups excluding carboxylic acids is 1. The van der Waals surface area contributed by atoms with E-state index in [1.54, 1.807) is 0 Å². The van der Waals surface area contributed by atoms with Crippen LogP contribution in [0.1, 0.15) is 41.2 Å². The Hall–Kier alpha value is -2.88. The fourth-order valence-electron chi connectivity index (χ4n) is 3.08. The Bertz CT molecular complexity index is 1100. The van der Waals surface area contributed by atoms with Gasteiger partial charge in [0.15, 0.2) is 0 Å². The number of amides is 1. The Morgan fingerprint density at radius 3 is 2.41 bits per heavy atom. The molecule has 2 aromatic carbocycles. The lowest BCUT2D eigenvalue weighted by Crippen LogP contribution is -2.20. The van der Waals surface area contributed by atoms with Gasteiger partial charge in [-0.2, -0.15) is 13.2 Å². The van der Waals surface area contributed by atoms with E-state index >= 15 is 0 Å². The Kier molecular flexibility index (Phi) is 8.06. The van der Waals surface area contributed by atoms with Gasteiger partial charge < -0.3 is 5.32 Å². The van der Waals surface area contributed by atoms with Crippen molar-refractivity contribution in [2.45, 2.75) is 39.4 Å². The molecule has 0 aliphatic rings. The molecule has 0 saturated carbocycles. The Balaban J connectivity index is 2.10. The highest BCUT2D eigenvalue weighted by molar-refractivity contribution is 7.92. The summed E-state index contributed by atoms with van der Waals surface area (Å²) in [5.74, 6) is -1.28. The molecule has 0 aromatic heterocycles. The number of carbonyl (C=O) groups is 1. The highest BCUT2D eigenvalue weighted by atomic mass is 32.2. The second kappa shape index (κ2) is 10.2. The van der Waals surface area contributed by atoms with Crippen molar-refractivity contribution in [2.24, 2.45) is 0 Å². The first-order chi connectivity index (χ1) is 14.8. The molecule has 0 atom stereocenters. The van der Waals surface area contributed by atoms with E-state index in [9.17, 15) is 30.8 Å². The number of hydrogen-bond acceptors (Lipinski definition) is 3. The maximum atomic E-state index is 14.2. The summed E-state index contributed by atoms with van der Waals surface area (Å²) in [6.07, 6.45) is 0.175. The van der Waals surface area contributed by atoms with E-state index in [4.69, 9.17) is 0 Å². The van der Waals surface area contributed by atoms with Crippen molar-refractivity contribution in [1.82, 2.24) is 5.32 Å². The van der Waals surface area contributed by atoms with Crippen LogP contribution < -0.4 is 10.0 Å². The number of rotatable bonds is 8. The van der Waals surface area contributed by atoms with Crippen LogP contribution in [0.4, 0.5) is 23.2 Å². The van der Waals surface area contributed by atoms with Crippen LogP contribution in [0.25, 0.3) is 6.08 Å². The fraction of sp³-hybridized carbons (Fsp3) is 0.318. The van der Waals surface area contributed by atoms with E-state index in [0.717, 1.165) is 24.5 Å². The molecule has 2 rings (SSSR count). The maximum Gasteiger partial charge on any atom is 0.416 e. The molecule has 0 bridgehead atoms. The van der Waals surface area contributed by atoms with Gasteiger partial charge >= 0.3 is 6.18 Å². The van der Waals surface area contributed by atoms with Crippen LogP contribution in [0, 0.1) is 12.7 Å². The molecule has 174 valence electrons. The smallest absolute Gasteiger partial charge is 0.348 e. The van der Waals surface area contributed by atoms with Crippen LogP contribution in [0.2, 0.25) is 0 Å². The van der Waals surface area contributed by atoms with Crippen LogP contribution in [-0.2, 0) is 34.0 Å². The first-order valence-corrected chi connectivity index (χ1v) is 11.6. The van der Waals surface area contributed by atoms with Gasteiger partial charge in [-0.05, 0) is 59.9 Å². The van der Waals surface area contributed by atoms with Crippen LogP contribution in [-0.4, -0.2) is 20.6 Å². The molecule has 2 aromatic rings. The molecule has 0 spiro atoms. The number of anilines is 1. The van der Waals surface area contributed by atoms with Gasteiger partial charge in [0, 0.05) is 12.6 Å². The molecule has 2 N–H and O–H groups in total. The van der Waals surface area contributed by atoms with E-state index < -0.39 is 33.5 Å². The van der Waals surface area contributed by atoms with Gasteiger partial charge in [-0.15, -0.1) is 0 Å². The van der Waals surface area contributed by atoms with Crippen molar-refractivity contribution >= 4 is 27.7 Å². The number of alkyl halides is 3. The van der Waals surface area contributed by atoms with Crippen molar-refractivity contribution in [3.63, 3.8) is 0 Å². The number of sulfonamides is 1. The quantitative estimate of drug-likeness (QED) is 0.428. The van der Waals surface area contributed by atoms with Gasteiger partial charge in [0.2, 0.25) is 15.9 Å². The number of nitrogens with one attached hydrogen (secondary N) is 2. The lowest BCUT2D eigenvalue weighted by atomic mass is 9.99. The monoisotopic (exact) mass is 472 g/mol. The zero-order chi connectivity index (χ0) is 24.1. The lowest BCUT2D eigenvalue weighted by molar-refractivity contribution is -0.137. The van der Waals surface area contributed by atoms with Crippen LogP contribution >= 0.6 is 0 Å². The summed E-state index contributed by atoms with van der Waals surface area (Å²) in [6, 6.07) is 6.02. The van der Waals surface area contributed by atoms with E-state index in [2.05, 4.69) is 10.0 Å². The minimum Gasteiger partial charge on any atom is -0.348 e. The molecular formula is C22H24F4N2O3S. The molecule has 0 saturated heterocycles. The van der Waals surface area contributed by atoms with Crippen molar-refractivity contribution in [3.8, 4) is 0 Å². The molecule has 5 nitrogen and oxygen atoms in total. The third kappa shape index (κ3) is 7.37. The first kappa shape index (κ1) is 25.4. The maximum absolute atomic E-state index is 14.2. The SMILES string of the molecule is CCCc1cc(C(F)(F)F)ccc1/C=C\C(=O)NCc1cc(C)c(NS(C)(=O)=O)c(F)c1. The van der Waals surface area contributed by atoms with Gasteiger partial charge in [0.1, 0.15) is 5.82 Å². The molecule has 0 fully saturated rings. The summed E-state index contributed by atoms with van der Waals surface area (Å²) < 4.78 is 77.8. The Morgan fingerprint density at radius 2 is 1.84 bits per heavy atom. The largest absolute Gasteiger partial charge is 0.416 e. The van der Waals surface area contributed by atoms with E-state index in [-0.39, 0.29) is 12.2 Å². The normalized spacial score (nSPS) is 12.2. The summed E-state index contributed by atoms with van der Waals surface area (Å²) in [5.41, 5.74) is 0.860. The minimum atomic E-state index is -4.44. The summed E-state index contributed by atoms with van der Waals surface area (Å²) in [7, 11) is -3.64. The number of aryl methyl sites for hydroxylation is 2. The number of hydrogen-bond donors (Lipinski definition) is 2. The highest BCUT2D eigenvalue weighted by Crippen LogP contribution is 2.31. The topological polar surface area (TPSA) is 75.3 Å². The van der Waals surface area contributed by atoms with Gasteiger partial charge in [0.05, 0.1) is 17.5 Å². The van der Waals surface area contributed by atoms with Gasteiger partial charge in [-0.25, -0.2) is 12.8 Å². The summed E-state index contributed by atoms with van der Waals surface area (Å²) in [4.78, 5) is 12.1. The van der Waals surface area contributed by atoms with Crippen molar-refractivity contribution in [2.75, 3.05) is 11.0 Å². The Labute approximate surface area is 184 Å². The molecule has 0 aliphatic carbocycles. The molecule has 1 amide bonds. The summed E-state index contributed by atoms with van der Waals surface area (Å²) in [5, 5.41) is 2.57. The summed E-state index contributed by atoms with van der Waals surface area (Å²) in [6.45, 7) is 3.36. The van der Waals surface area contributed by atoms with E-state index in [0.29, 0.717) is 35.1 Å². The predicted molar refractivity (Wildman–Crippen MR) is 116 cm³/mol. The minimum absolute atomic E-state index is 0.0189. The first-order valence-electron chi connectivity index (χ1n) is 9.73. The molecule has 10 heteroatoms. The average Bonchev–Trinajstić information content (AvgIpc) is 2.67. The van der Waals surface area contributed by atoms with Crippen molar-refractivity contribution in [3.05, 3.63) is 70.0 Å². The predicted octanol–water partition coefficient (Wildman–Crippen LogP) is 4.81. The zero-order valence-corrected chi connectivity index (χ0v) is 18.6. The zero-order valence-electron chi connectivity index (χ0n) is 17.8. The summed E-state index contributed by atoms with van der Waals surface area (Å²) >= 11 is 0. The van der Waals surface area contributed by atoms with Gasteiger partial charge in [-0.1, -0.05) is 25.5 Å². The van der Waals surface area contributed by atoms with E-state index in [1.807, 2.05) is 6.92 Å². The molecule has 0 aliphatic heterocycles. The standard InChI is InChI=1S/C22H24F4N2O3S/c1-4-5-17-12-18(22(24,25)26)8-6-16(17)7-9-20(29)27-13-15-10-14(2)21(19(23)11-15)28-32(3,30)31/h6-12,28H,4-5,13H2,1-3H3,(H,27,29)/b9-7-. The number of halogens is 4. The molecule has 0 heterocycles. The van der Waals surface area contributed by atoms with Gasteiger partial charge in [-0.3, -0.25) is 9.52 Å². The van der Waals surface area contributed by atoms with Crippen molar-refractivity contribution in [1.29, 1.82) is 0 Å². The molecular weight excluding hydrogens is 448 g/mol. The molecule has 0 unspecified atom stereocenters. The highest BCUT2D eigenvalue weighted by Gasteiger charge is 2.30. The van der Waals surface area contributed by atoms with Crippen molar-refractivity contribution < 1.29 is 30.8 Å². The Morgan fingerprint density at radius 1 is 1.16 bits per heavy atom. The van der Waals surface area contributed by atoms with E-state index in [1.165, 1.54) is 31.2 Å². The van der Waals surface area contributed by atoms with Gasteiger partial charge in [0.25, 0.3) is 0 Å². The lowest BCUT2D eigenvalue weighted by Gasteiger charge is -2.12. The molecule has 32 heavy (non-hydrogen) atoms. The number of benzene rings is 2. The second-order valence-electron chi connectivity index (χ2n) is 7.36. The van der Waals surface area contributed by atoms with Crippen LogP contribution in [0.3, 0.4) is 0 Å². The van der Waals surface area contributed by atoms with Crippen LogP contribution in [0.15, 0.2) is 36.4 Å². The van der Waals surface area contributed by atoms with Crippen LogP contribution in [0.5, 0.6) is 0 Å². The second-order valence-corrected chi connectivity index (χ2v) is 9.10. The third-order valence-electron chi connectivity index (χ3n) is 4.51. The fourth-order valence-corrected chi connectivity index (χ4v) is 3.71. The average molecular weight is 473 g/mol. The third-order valence-corrected chi connectivity index (χ3v) is 5.08.